The molecule has 1 aromatic heterocycles. The van der Waals surface area contributed by atoms with Crippen molar-refractivity contribution in [1.82, 2.24) is 9.78 Å². The number of hydrogen-bond acceptors (Lipinski definition) is 2. The van der Waals surface area contributed by atoms with Crippen LogP contribution in [0.15, 0.2) is 42.6 Å². The Hall–Kier alpha value is -2.16. The van der Waals surface area contributed by atoms with Gasteiger partial charge < -0.3 is 0 Å². The highest BCUT2D eigenvalue weighted by Gasteiger charge is 2.05. The Balaban J connectivity index is 2.06. The minimum atomic E-state index is -0.0632. The summed E-state index contributed by atoms with van der Waals surface area (Å²) in [6.07, 6.45) is 6.24. The molecule has 0 aliphatic rings. The molecule has 0 saturated carbocycles. The zero-order chi connectivity index (χ0) is 13.7. The van der Waals surface area contributed by atoms with Gasteiger partial charge in [-0.1, -0.05) is 37.3 Å². The van der Waals surface area contributed by atoms with Crippen molar-refractivity contribution < 1.29 is 4.79 Å². The van der Waals surface area contributed by atoms with Crippen LogP contribution in [0.25, 0.3) is 6.08 Å². The molecule has 0 bridgehead atoms. The number of aromatic nitrogens is 2. The summed E-state index contributed by atoms with van der Waals surface area (Å²) in [6, 6.07) is 9.95. The zero-order valence-corrected chi connectivity index (χ0v) is 11.3. The standard InChI is InChI=1S/C16H18N2O/c1-3-13-5-7-14(8-6-13)9-10-16(19)15-11-12-18(4-2)17-15/h5-12H,3-4H2,1-2H3/b10-9+. The number of aryl methyl sites for hydroxylation is 2. The molecule has 98 valence electrons. The molecule has 0 amide bonds. The summed E-state index contributed by atoms with van der Waals surface area (Å²) in [6.45, 7) is 4.89. The highest BCUT2D eigenvalue weighted by atomic mass is 16.1. The largest absolute Gasteiger partial charge is 0.287 e. The van der Waals surface area contributed by atoms with E-state index in [1.54, 1.807) is 16.8 Å². The van der Waals surface area contributed by atoms with Crippen molar-refractivity contribution in [3.63, 3.8) is 0 Å². The van der Waals surface area contributed by atoms with E-state index in [2.05, 4.69) is 24.2 Å². The number of carbonyl (C=O) groups is 1. The summed E-state index contributed by atoms with van der Waals surface area (Å²) in [5.41, 5.74) is 2.81. The van der Waals surface area contributed by atoms with Crippen molar-refractivity contribution in [2.45, 2.75) is 26.8 Å². The Kier molecular flexibility index (Phi) is 4.29. The van der Waals surface area contributed by atoms with Crippen LogP contribution in [0, 0.1) is 0 Å². The number of nitrogens with zero attached hydrogens (tertiary/aromatic N) is 2. The second kappa shape index (κ2) is 6.14. The molecular weight excluding hydrogens is 236 g/mol. The van der Waals surface area contributed by atoms with Crippen LogP contribution in [0.2, 0.25) is 0 Å². The lowest BCUT2D eigenvalue weighted by Crippen LogP contribution is -1.99. The molecular formula is C16H18N2O. The average molecular weight is 254 g/mol. The number of allylic oxidation sites excluding steroid dienone is 1. The van der Waals surface area contributed by atoms with Crippen LogP contribution in [0.5, 0.6) is 0 Å². The first-order chi connectivity index (χ1) is 9.22. The second-order valence-corrected chi connectivity index (χ2v) is 4.35. The Bertz CT molecular complexity index is 579. The minimum absolute atomic E-state index is 0.0632. The van der Waals surface area contributed by atoms with E-state index < -0.39 is 0 Å². The molecule has 19 heavy (non-hydrogen) atoms. The van der Waals surface area contributed by atoms with Crippen molar-refractivity contribution in [2.75, 3.05) is 0 Å². The van der Waals surface area contributed by atoms with Gasteiger partial charge in [0.15, 0.2) is 0 Å². The van der Waals surface area contributed by atoms with E-state index in [-0.39, 0.29) is 5.78 Å². The summed E-state index contributed by atoms with van der Waals surface area (Å²) in [4.78, 5) is 11.9. The lowest BCUT2D eigenvalue weighted by Gasteiger charge is -1.97. The molecule has 3 heteroatoms. The minimum Gasteiger partial charge on any atom is -0.287 e. The van der Waals surface area contributed by atoms with Gasteiger partial charge in [-0.05, 0) is 36.6 Å². The smallest absolute Gasteiger partial charge is 0.206 e. The van der Waals surface area contributed by atoms with Crippen LogP contribution >= 0.6 is 0 Å². The molecule has 1 heterocycles. The molecule has 0 aliphatic heterocycles. The first-order valence-corrected chi connectivity index (χ1v) is 6.57. The predicted octanol–water partition coefficient (Wildman–Crippen LogP) is 3.36. The van der Waals surface area contributed by atoms with E-state index in [1.165, 1.54) is 5.56 Å². The summed E-state index contributed by atoms with van der Waals surface area (Å²) in [5, 5.41) is 4.18. The van der Waals surface area contributed by atoms with Gasteiger partial charge >= 0.3 is 0 Å². The molecule has 3 nitrogen and oxygen atoms in total. The molecule has 0 unspecified atom stereocenters. The van der Waals surface area contributed by atoms with Crippen molar-refractivity contribution in [2.24, 2.45) is 0 Å². The van der Waals surface area contributed by atoms with Crippen LogP contribution in [0.3, 0.4) is 0 Å². The van der Waals surface area contributed by atoms with E-state index in [0.717, 1.165) is 18.5 Å². The molecule has 0 N–H and O–H groups in total. The van der Waals surface area contributed by atoms with Gasteiger partial charge in [-0.3, -0.25) is 9.48 Å². The number of hydrogen-bond donors (Lipinski definition) is 0. The van der Waals surface area contributed by atoms with E-state index in [0.29, 0.717) is 5.69 Å². The fourth-order valence-corrected chi connectivity index (χ4v) is 1.79. The van der Waals surface area contributed by atoms with E-state index in [9.17, 15) is 4.79 Å². The zero-order valence-electron chi connectivity index (χ0n) is 11.3. The normalized spacial score (nSPS) is 11.1. The molecule has 0 aliphatic carbocycles. The van der Waals surface area contributed by atoms with Gasteiger partial charge in [0.2, 0.25) is 5.78 Å². The van der Waals surface area contributed by atoms with Gasteiger partial charge in [0.25, 0.3) is 0 Å². The van der Waals surface area contributed by atoms with Gasteiger partial charge in [-0.2, -0.15) is 5.10 Å². The number of benzene rings is 1. The Morgan fingerprint density at radius 1 is 1.21 bits per heavy atom. The second-order valence-electron chi connectivity index (χ2n) is 4.35. The third kappa shape index (κ3) is 3.41. The van der Waals surface area contributed by atoms with Crippen LogP contribution in [0.4, 0.5) is 0 Å². The number of rotatable bonds is 5. The van der Waals surface area contributed by atoms with Crippen molar-refractivity contribution >= 4 is 11.9 Å². The predicted molar refractivity (Wildman–Crippen MR) is 77.1 cm³/mol. The van der Waals surface area contributed by atoms with Gasteiger partial charge in [0, 0.05) is 12.7 Å². The average Bonchev–Trinajstić information content (AvgIpc) is 2.94. The first-order valence-electron chi connectivity index (χ1n) is 6.57. The van der Waals surface area contributed by atoms with E-state index in [4.69, 9.17) is 0 Å². The molecule has 0 fully saturated rings. The SMILES string of the molecule is CCc1ccc(/C=C/C(=O)c2ccn(CC)n2)cc1. The first kappa shape index (κ1) is 13.3. The van der Waals surface area contributed by atoms with Crippen LogP contribution in [0.1, 0.15) is 35.5 Å². The molecule has 0 atom stereocenters. The number of carbonyl (C=O) groups excluding carboxylic acids is 1. The van der Waals surface area contributed by atoms with Gasteiger partial charge in [-0.15, -0.1) is 0 Å². The van der Waals surface area contributed by atoms with Gasteiger partial charge in [-0.25, -0.2) is 0 Å². The maximum atomic E-state index is 11.9. The fraction of sp³-hybridized carbons (Fsp3) is 0.250. The Labute approximate surface area is 113 Å². The molecule has 0 spiro atoms. The third-order valence-electron chi connectivity index (χ3n) is 3.03. The van der Waals surface area contributed by atoms with Gasteiger partial charge in [0.1, 0.15) is 5.69 Å². The number of ketones is 1. The third-order valence-corrected chi connectivity index (χ3v) is 3.03. The monoisotopic (exact) mass is 254 g/mol. The highest BCUT2D eigenvalue weighted by molar-refractivity contribution is 6.05. The summed E-state index contributed by atoms with van der Waals surface area (Å²) < 4.78 is 1.75. The van der Waals surface area contributed by atoms with E-state index in [1.807, 2.05) is 31.3 Å². The lowest BCUT2D eigenvalue weighted by atomic mass is 10.1. The summed E-state index contributed by atoms with van der Waals surface area (Å²) >= 11 is 0. The Morgan fingerprint density at radius 3 is 2.53 bits per heavy atom. The quantitative estimate of drug-likeness (QED) is 0.605. The molecule has 2 rings (SSSR count). The lowest BCUT2D eigenvalue weighted by molar-refractivity contribution is 0.104. The molecule has 1 aromatic carbocycles. The van der Waals surface area contributed by atoms with Crippen LogP contribution in [-0.2, 0) is 13.0 Å². The molecule has 0 radical (unpaired) electrons. The molecule has 2 aromatic rings. The van der Waals surface area contributed by atoms with Crippen molar-refractivity contribution in [3.8, 4) is 0 Å². The highest BCUT2D eigenvalue weighted by Crippen LogP contribution is 2.08. The maximum Gasteiger partial charge on any atom is 0.206 e. The summed E-state index contributed by atoms with van der Waals surface area (Å²) in [5.74, 6) is -0.0632. The van der Waals surface area contributed by atoms with Gasteiger partial charge in [0.05, 0.1) is 0 Å². The van der Waals surface area contributed by atoms with Crippen molar-refractivity contribution in [3.05, 3.63) is 59.4 Å². The van der Waals surface area contributed by atoms with Crippen LogP contribution in [-0.4, -0.2) is 15.6 Å². The van der Waals surface area contributed by atoms with E-state index >= 15 is 0 Å². The molecule has 0 saturated heterocycles. The van der Waals surface area contributed by atoms with Crippen LogP contribution < -0.4 is 0 Å². The topological polar surface area (TPSA) is 34.9 Å². The van der Waals surface area contributed by atoms with Crippen molar-refractivity contribution in [1.29, 1.82) is 0 Å². The maximum absolute atomic E-state index is 11.9. The fourth-order valence-electron chi connectivity index (χ4n) is 1.79. The summed E-state index contributed by atoms with van der Waals surface area (Å²) in [7, 11) is 0. The Morgan fingerprint density at radius 2 is 1.95 bits per heavy atom.